The summed E-state index contributed by atoms with van der Waals surface area (Å²) in [6.45, 7) is 3.41. The summed E-state index contributed by atoms with van der Waals surface area (Å²) in [6.07, 6.45) is -2.89. The van der Waals surface area contributed by atoms with Crippen LogP contribution in [0.15, 0.2) is 40.7 Å². The molecule has 0 aliphatic carbocycles. The van der Waals surface area contributed by atoms with Crippen LogP contribution in [0.4, 0.5) is 13.2 Å². The third-order valence-corrected chi connectivity index (χ3v) is 1.61. The van der Waals surface area contributed by atoms with Gasteiger partial charge in [-0.05, 0) is 6.08 Å². The molecule has 1 heterocycles. The Bertz CT molecular complexity index is 361. The molecule has 0 radical (unpaired) electrons. The quantitative estimate of drug-likeness (QED) is 0.621. The predicted molar refractivity (Wildman–Crippen MR) is 47.2 cm³/mol. The summed E-state index contributed by atoms with van der Waals surface area (Å²) >= 11 is 0. The van der Waals surface area contributed by atoms with E-state index < -0.39 is 17.4 Å². The number of alkyl halides is 3. The van der Waals surface area contributed by atoms with Gasteiger partial charge in [0.25, 0.3) is 0 Å². The highest BCUT2D eigenvalue weighted by Crippen LogP contribution is 2.30. The Kier molecular flexibility index (Phi) is 2.37. The average Bonchev–Trinajstić information content (AvgIpc) is 2.11. The van der Waals surface area contributed by atoms with E-state index in [4.69, 9.17) is 11.5 Å². The molecule has 0 saturated carbocycles. The summed E-state index contributed by atoms with van der Waals surface area (Å²) in [5, 5.41) is 0. The van der Waals surface area contributed by atoms with Gasteiger partial charge in [0.15, 0.2) is 0 Å². The molecule has 1 aliphatic heterocycles. The predicted octanol–water partition coefficient (Wildman–Crippen LogP) is 1.20. The van der Waals surface area contributed by atoms with Crippen molar-refractivity contribution in [2.75, 3.05) is 0 Å². The highest BCUT2D eigenvalue weighted by molar-refractivity contribution is 6.00. The van der Waals surface area contributed by atoms with Crippen LogP contribution in [-0.2, 0) is 0 Å². The van der Waals surface area contributed by atoms with Crippen LogP contribution >= 0.6 is 0 Å². The third kappa shape index (κ3) is 1.95. The van der Waals surface area contributed by atoms with E-state index in [0.29, 0.717) is 6.20 Å². The van der Waals surface area contributed by atoms with Crippen LogP contribution < -0.4 is 11.5 Å². The molecule has 0 bridgehead atoms. The third-order valence-electron chi connectivity index (χ3n) is 1.61. The normalized spacial score (nSPS) is 18.2. The molecular weight excluding hydrogens is 195 g/mol. The van der Waals surface area contributed by atoms with Gasteiger partial charge in [0, 0.05) is 17.5 Å². The number of nitrogens with zero attached hydrogens (tertiary/aromatic N) is 1. The Morgan fingerprint density at radius 2 is 1.86 bits per heavy atom. The van der Waals surface area contributed by atoms with Crippen molar-refractivity contribution < 1.29 is 13.2 Å². The van der Waals surface area contributed by atoms with Crippen LogP contribution in [0.5, 0.6) is 0 Å². The number of rotatable bonds is 0. The van der Waals surface area contributed by atoms with Gasteiger partial charge in [-0.2, -0.15) is 13.2 Å². The topological polar surface area (TPSA) is 64.4 Å². The lowest BCUT2D eigenvalue weighted by molar-refractivity contribution is -0.0895. The fourth-order valence-corrected chi connectivity index (χ4v) is 0.868. The molecule has 0 atom stereocenters. The van der Waals surface area contributed by atoms with E-state index in [0.717, 1.165) is 6.08 Å². The average molecular weight is 203 g/mol. The van der Waals surface area contributed by atoms with E-state index in [1.54, 1.807) is 0 Å². The number of amidine groups is 1. The smallest absolute Gasteiger partial charge is 0.398 e. The molecule has 3 nitrogen and oxygen atoms in total. The zero-order chi connectivity index (χ0) is 10.9. The van der Waals surface area contributed by atoms with Gasteiger partial charge in [-0.15, -0.1) is 0 Å². The molecule has 0 aromatic heterocycles. The molecule has 76 valence electrons. The molecular formula is C8H8F3N3. The number of allylic oxidation sites excluding steroid dienone is 1. The van der Waals surface area contributed by atoms with Crippen molar-refractivity contribution in [3.05, 3.63) is 35.7 Å². The second-order valence-corrected chi connectivity index (χ2v) is 2.68. The summed E-state index contributed by atoms with van der Waals surface area (Å²) in [5.41, 5.74) is 9.20. The molecule has 0 saturated heterocycles. The summed E-state index contributed by atoms with van der Waals surface area (Å²) in [4.78, 5) is 3.38. The largest absolute Gasteiger partial charge is 0.419 e. The lowest BCUT2D eigenvalue weighted by Crippen LogP contribution is -2.18. The Balaban J connectivity index is 3.21. The van der Waals surface area contributed by atoms with Crippen LogP contribution in [0.25, 0.3) is 0 Å². The van der Waals surface area contributed by atoms with Gasteiger partial charge < -0.3 is 11.5 Å². The van der Waals surface area contributed by atoms with Crippen LogP contribution in [0.2, 0.25) is 0 Å². The van der Waals surface area contributed by atoms with Crippen molar-refractivity contribution in [3.63, 3.8) is 0 Å². The van der Waals surface area contributed by atoms with Crippen LogP contribution in [0.3, 0.4) is 0 Å². The fourth-order valence-electron chi connectivity index (χ4n) is 0.868. The number of hydrogen-bond donors (Lipinski definition) is 2. The summed E-state index contributed by atoms with van der Waals surface area (Å²) in [6, 6.07) is 0. The SMILES string of the molecule is C=C1C=C(N)C(C(F)(F)F)=CN=C1N. The first-order valence-corrected chi connectivity index (χ1v) is 3.60. The molecule has 1 aliphatic rings. The summed E-state index contributed by atoms with van der Waals surface area (Å²) in [5.74, 6) is -0.0767. The molecule has 0 aromatic rings. The zero-order valence-corrected chi connectivity index (χ0v) is 7.10. The van der Waals surface area contributed by atoms with Gasteiger partial charge in [0.1, 0.15) is 5.84 Å². The molecule has 0 spiro atoms. The van der Waals surface area contributed by atoms with Gasteiger partial charge in [-0.3, -0.25) is 0 Å². The lowest BCUT2D eigenvalue weighted by atomic mass is 10.1. The van der Waals surface area contributed by atoms with E-state index >= 15 is 0 Å². The van der Waals surface area contributed by atoms with Crippen molar-refractivity contribution in [3.8, 4) is 0 Å². The van der Waals surface area contributed by atoms with E-state index in [2.05, 4.69) is 11.6 Å². The van der Waals surface area contributed by atoms with E-state index in [-0.39, 0.29) is 11.4 Å². The molecule has 0 fully saturated rings. The van der Waals surface area contributed by atoms with E-state index in [1.807, 2.05) is 0 Å². The fraction of sp³-hybridized carbons (Fsp3) is 0.125. The van der Waals surface area contributed by atoms with Gasteiger partial charge in [-0.25, -0.2) is 4.99 Å². The van der Waals surface area contributed by atoms with Gasteiger partial charge in [0.2, 0.25) is 0 Å². The van der Waals surface area contributed by atoms with Crippen molar-refractivity contribution in [2.24, 2.45) is 16.5 Å². The maximum absolute atomic E-state index is 12.3. The number of nitrogens with two attached hydrogens (primary N) is 2. The summed E-state index contributed by atoms with van der Waals surface area (Å²) < 4.78 is 36.9. The maximum atomic E-state index is 12.3. The van der Waals surface area contributed by atoms with Gasteiger partial charge >= 0.3 is 6.18 Å². The molecule has 0 unspecified atom stereocenters. The van der Waals surface area contributed by atoms with Crippen LogP contribution in [0, 0.1) is 0 Å². The molecule has 14 heavy (non-hydrogen) atoms. The highest BCUT2D eigenvalue weighted by atomic mass is 19.4. The standard InChI is InChI=1S/C8H8F3N3/c1-4-2-6(12)5(8(9,10)11)3-14-7(4)13/h2-3H,1,12H2,(H2,13,14). The highest BCUT2D eigenvalue weighted by Gasteiger charge is 2.36. The second kappa shape index (κ2) is 3.21. The summed E-state index contributed by atoms with van der Waals surface area (Å²) in [7, 11) is 0. The number of aliphatic imine (C=N–C) groups is 1. The molecule has 0 aromatic carbocycles. The van der Waals surface area contributed by atoms with E-state index in [9.17, 15) is 13.2 Å². The molecule has 1 rings (SSSR count). The first-order chi connectivity index (χ1) is 6.32. The Hall–Kier alpha value is -1.72. The zero-order valence-electron chi connectivity index (χ0n) is 7.10. The Morgan fingerprint density at radius 3 is 2.36 bits per heavy atom. The van der Waals surface area contributed by atoms with Crippen LogP contribution in [0.1, 0.15) is 0 Å². The Morgan fingerprint density at radius 1 is 1.29 bits per heavy atom. The number of hydrogen-bond acceptors (Lipinski definition) is 3. The van der Waals surface area contributed by atoms with Crippen molar-refractivity contribution in [1.29, 1.82) is 0 Å². The first kappa shape index (κ1) is 10.4. The number of halogens is 3. The minimum atomic E-state index is -4.53. The van der Waals surface area contributed by atoms with Crippen LogP contribution in [-0.4, -0.2) is 12.0 Å². The van der Waals surface area contributed by atoms with Gasteiger partial charge in [-0.1, -0.05) is 6.58 Å². The van der Waals surface area contributed by atoms with Gasteiger partial charge in [0.05, 0.1) is 5.57 Å². The Labute approximate surface area is 78.3 Å². The lowest BCUT2D eigenvalue weighted by Gasteiger charge is -2.09. The minimum absolute atomic E-state index is 0.0767. The van der Waals surface area contributed by atoms with Crippen molar-refractivity contribution >= 4 is 5.84 Å². The molecule has 0 amide bonds. The molecule has 6 heteroatoms. The van der Waals surface area contributed by atoms with Crippen molar-refractivity contribution in [2.45, 2.75) is 6.18 Å². The first-order valence-electron chi connectivity index (χ1n) is 3.60. The minimum Gasteiger partial charge on any atom is -0.398 e. The monoisotopic (exact) mass is 203 g/mol. The van der Waals surface area contributed by atoms with E-state index in [1.165, 1.54) is 0 Å². The second-order valence-electron chi connectivity index (χ2n) is 2.68. The maximum Gasteiger partial charge on any atom is 0.419 e. The molecule has 4 N–H and O–H groups in total. The van der Waals surface area contributed by atoms with Crippen molar-refractivity contribution in [1.82, 2.24) is 0 Å².